The molecule has 2 N–H and O–H groups in total. The predicted molar refractivity (Wildman–Crippen MR) is 60.9 cm³/mol. The smallest absolute Gasteiger partial charge is 0.329 e. The molecule has 0 atom stereocenters. The predicted octanol–water partition coefficient (Wildman–Crippen LogP) is 2.15. The summed E-state index contributed by atoms with van der Waals surface area (Å²) in [6.07, 6.45) is -4.59. The number of hydrogen-bond donors (Lipinski definition) is 2. The standard InChI is InChI=1S/C10H7F3N4O3/c11-10(12,13)5-15-9(18)16-7-2-1-6(4-14)3-8(7)17(19)20/h1-3H,5H2,(H2,15,16,18). The van der Waals surface area contributed by atoms with Crippen molar-refractivity contribution in [2.75, 3.05) is 11.9 Å². The SMILES string of the molecule is N#Cc1ccc(NC(=O)NCC(F)(F)F)c([N+](=O)[O-])c1. The van der Waals surface area contributed by atoms with Gasteiger partial charge < -0.3 is 10.6 Å². The van der Waals surface area contributed by atoms with Gasteiger partial charge in [-0.15, -0.1) is 0 Å². The molecular weight excluding hydrogens is 281 g/mol. The van der Waals surface area contributed by atoms with Crippen LogP contribution in [0.15, 0.2) is 18.2 Å². The molecule has 0 aromatic heterocycles. The van der Waals surface area contributed by atoms with E-state index in [-0.39, 0.29) is 11.3 Å². The molecule has 0 aliphatic carbocycles. The summed E-state index contributed by atoms with van der Waals surface area (Å²) in [6.45, 7) is -1.57. The Balaban J connectivity index is 2.85. The Morgan fingerprint density at radius 2 is 2.10 bits per heavy atom. The summed E-state index contributed by atoms with van der Waals surface area (Å²) in [4.78, 5) is 21.1. The number of hydrogen-bond acceptors (Lipinski definition) is 4. The maximum atomic E-state index is 11.9. The van der Waals surface area contributed by atoms with E-state index in [4.69, 9.17) is 5.26 Å². The summed E-state index contributed by atoms with van der Waals surface area (Å²) < 4.78 is 35.6. The third kappa shape index (κ3) is 4.45. The summed E-state index contributed by atoms with van der Waals surface area (Å²) in [5.74, 6) is 0. The van der Waals surface area contributed by atoms with Gasteiger partial charge in [-0.25, -0.2) is 4.79 Å². The van der Waals surface area contributed by atoms with E-state index < -0.39 is 29.4 Å². The van der Waals surface area contributed by atoms with Gasteiger partial charge in [-0.05, 0) is 12.1 Å². The molecule has 0 saturated carbocycles. The van der Waals surface area contributed by atoms with Gasteiger partial charge in [0, 0.05) is 6.07 Å². The summed E-state index contributed by atoms with van der Waals surface area (Å²) >= 11 is 0. The Morgan fingerprint density at radius 3 is 2.60 bits per heavy atom. The van der Waals surface area contributed by atoms with Crippen LogP contribution in [0.3, 0.4) is 0 Å². The van der Waals surface area contributed by atoms with Gasteiger partial charge >= 0.3 is 12.2 Å². The van der Waals surface area contributed by atoms with Crippen molar-refractivity contribution in [3.63, 3.8) is 0 Å². The van der Waals surface area contributed by atoms with Crippen LogP contribution in [0, 0.1) is 21.4 Å². The van der Waals surface area contributed by atoms with E-state index in [0.29, 0.717) is 0 Å². The van der Waals surface area contributed by atoms with Gasteiger partial charge in [0.1, 0.15) is 12.2 Å². The zero-order valence-corrected chi connectivity index (χ0v) is 9.69. The van der Waals surface area contributed by atoms with Crippen molar-refractivity contribution in [3.8, 4) is 6.07 Å². The zero-order valence-electron chi connectivity index (χ0n) is 9.69. The topological polar surface area (TPSA) is 108 Å². The average Bonchev–Trinajstić information content (AvgIpc) is 2.35. The minimum absolute atomic E-state index is 0.0158. The van der Waals surface area contributed by atoms with Crippen LogP contribution in [-0.2, 0) is 0 Å². The van der Waals surface area contributed by atoms with Crippen molar-refractivity contribution in [1.29, 1.82) is 5.26 Å². The highest BCUT2D eigenvalue weighted by Gasteiger charge is 2.28. The van der Waals surface area contributed by atoms with E-state index in [9.17, 15) is 28.1 Å². The fourth-order valence-electron chi connectivity index (χ4n) is 1.20. The number of anilines is 1. The molecule has 1 aromatic rings. The van der Waals surface area contributed by atoms with Crippen molar-refractivity contribution in [2.45, 2.75) is 6.18 Å². The van der Waals surface area contributed by atoms with Gasteiger partial charge in [0.25, 0.3) is 5.69 Å². The Bertz CT molecular complexity index is 580. The zero-order chi connectivity index (χ0) is 15.3. The van der Waals surface area contributed by atoms with Crippen molar-refractivity contribution in [3.05, 3.63) is 33.9 Å². The normalized spacial score (nSPS) is 10.5. The highest BCUT2D eigenvalue weighted by Crippen LogP contribution is 2.25. The van der Waals surface area contributed by atoms with Gasteiger partial charge in [0.2, 0.25) is 0 Å². The molecule has 0 unspecified atom stereocenters. The van der Waals surface area contributed by atoms with E-state index >= 15 is 0 Å². The first-order valence-electron chi connectivity index (χ1n) is 5.03. The Hall–Kier alpha value is -2.83. The Kier molecular flexibility index (Phi) is 4.47. The van der Waals surface area contributed by atoms with E-state index in [1.165, 1.54) is 11.4 Å². The maximum absolute atomic E-state index is 11.9. The average molecular weight is 288 g/mol. The number of amides is 2. The number of carbonyl (C=O) groups excluding carboxylic acids is 1. The van der Waals surface area contributed by atoms with Crippen molar-refractivity contribution in [2.24, 2.45) is 0 Å². The molecule has 0 fully saturated rings. The van der Waals surface area contributed by atoms with Gasteiger partial charge in [-0.3, -0.25) is 10.1 Å². The lowest BCUT2D eigenvalue weighted by atomic mass is 10.2. The second-order valence-corrected chi connectivity index (χ2v) is 3.52. The number of carbonyl (C=O) groups is 1. The number of halogens is 3. The van der Waals surface area contributed by atoms with Crippen molar-refractivity contribution >= 4 is 17.4 Å². The minimum atomic E-state index is -4.59. The Morgan fingerprint density at radius 1 is 1.45 bits per heavy atom. The second kappa shape index (κ2) is 5.87. The molecule has 106 valence electrons. The molecular formula is C10H7F3N4O3. The minimum Gasteiger partial charge on any atom is -0.329 e. The number of nitrogens with zero attached hydrogens (tertiary/aromatic N) is 2. The lowest BCUT2D eigenvalue weighted by Crippen LogP contribution is -2.36. The molecule has 0 heterocycles. The van der Waals surface area contributed by atoms with Crippen LogP contribution < -0.4 is 10.6 Å². The third-order valence-electron chi connectivity index (χ3n) is 2.02. The number of nitro groups is 1. The van der Waals surface area contributed by atoms with Crippen LogP contribution in [0.2, 0.25) is 0 Å². The highest BCUT2D eigenvalue weighted by atomic mass is 19.4. The molecule has 10 heteroatoms. The molecule has 1 rings (SSSR count). The second-order valence-electron chi connectivity index (χ2n) is 3.52. The molecule has 0 aliphatic heterocycles. The molecule has 0 spiro atoms. The first-order chi connectivity index (χ1) is 9.23. The van der Waals surface area contributed by atoms with Crippen LogP contribution in [0.25, 0.3) is 0 Å². The van der Waals surface area contributed by atoms with Gasteiger partial charge in [-0.1, -0.05) is 0 Å². The summed E-state index contributed by atoms with van der Waals surface area (Å²) in [6, 6.07) is 3.57. The largest absolute Gasteiger partial charge is 0.405 e. The monoisotopic (exact) mass is 288 g/mol. The van der Waals surface area contributed by atoms with Crippen molar-refractivity contribution < 1.29 is 22.9 Å². The van der Waals surface area contributed by atoms with Crippen LogP contribution in [0.5, 0.6) is 0 Å². The third-order valence-corrected chi connectivity index (χ3v) is 2.02. The quantitative estimate of drug-likeness (QED) is 0.656. The van der Waals surface area contributed by atoms with Gasteiger partial charge in [0.15, 0.2) is 0 Å². The van der Waals surface area contributed by atoms with Gasteiger partial charge in [0.05, 0.1) is 16.6 Å². The number of rotatable bonds is 3. The van der Waals surface area contributed by atoms with Crippen LogP contribution >= 0.6 is 0 Å². The lowest BCUT2D eigenvalue weighted by molar-refractivity contribution is -0.383. The lowest BCUT2D eigenvalue weighted by Gasteiger charge is -2.10. The summed E-state index contributed by atoms with van der Waals surface area (Å²) in [5.41, 5.74) is -0.919. The van der Waals surface area contributed by atoms with E-state index in [1.54, 1.807) is 6.07 Å². The summed E-state index contributed by atoms with van der Waals surface area (Å²) in [7, 11) is 0. The number of urea groups is 1. The number of nitro benzene ring substituents is 1. The van der Waals surface area contributed by atoms with E-state index in [0.717, 1.165) is 12.1 Å². The molecule has 2 amide bonds. The van der Waals surface area contributed by atoms with Crippen LogP contribution in [-0.4, -0.2) is 23.7 Å². The number of nitrogens with one attached hydrogen (secondary N) is 2. The molecule has 0 saturated heterocycles. The molecule has 0 aliphatic rings. The number of benzene rings is 1. The molecule has 7 nitrogen and oxygen atoms in total. The fourth-order valence-corrected chi connectivity index (χ4v) is 1.20. The molecule has 1 aromatic carbocycles. The van der Waals surface area contributed by atoms with Gasteiger partial charge in [-0.2, -0.15) is 18.4 Å². The number of nitriles is 1. The number of alkyl halides is 3. The summed E-state index contributed by atoms with van der Waals surface area (Å²) in [5, 5.41) is 22.7. The highest BCUT2D eigenvalue weighted by molar-refractivity contribution is 5.91. The van der Waals surface area contributed by atoms with Crippen LogP contribution in [0.4, 0.5) is 29.3 Å². The fraction of sp³-hybridized carbons (Fsp3) is 0.200. The molecule has 0 bridgehead atoms. The molecule has 20 heavy (non-hydrogen) atoms. The van der Waals surface area contributed by atoms with Crippen LogP contribution in [0.1, 0.15) is 5.56 Å². The van der Waals surface area contributed by atoms with E-state index in [2.05, 4.69) is 0 Å². The van der Waals surface area contributed by atoms with E-state index in [1.807, 2.05) is 5.32 Å². The van der Waals surface area contributed by atoms with Crippen molar-refractivity contribution in [1.82, 2.24) is 5.32 Å². The molecule has 0 radical (unpaired) electrons. The Labute approximate surface area is 110 Å². The first kappa shape index (κ1) is 15.2. The first-order valence-corrected chi connectivity index (χ1v) is 5.03. The maximum Gasteiger partial charge on any atom is 0.405 e.